The van der Waals surface area contributed by atoms with Crippen LogP contribution in [0.5, 0.6) is 0 Å². The first-order valence-corrected chi connectivity index (χ1v) is 8.76. The molecule has 26 heavy (non-hydrogen) atoms. The van der Waals surface area contributed by atoms with Gasteiger partial charge in [-0.3, -0.25) is 9.59 Å². The van der Waals surface area contributed by atoms with Crippen molar-refractivity contribution in [1.29, 1.82) is 0 Å². The van der Waals surface area contributed by atoms with Crippen molar-refractivity contribution in [3.63, 3.8) is 0 Å². The molecule has 0 aromatic heterocycles. The van der Waals surface area contributed by atoms with E-state index in [9.17, 15) is 19.5 Å². The molecule has 0 saturated carbocycles. The van der Waals surface area contributed by atoms with Crippen molar-refractivity contribution < 1.29 is 49.0 Å². The third-order valence-electron chi connectivity index (χ3n) is 5.13. The van der Waals surface area contributed by atoms with E-state index in [0.29, 0.717) is 12.8 Å². The van der Waals surface area contributed by atoms with Gasteiger partial charge in [-0.25, -0.2) is 0 Å². The van der Waals surface area contributed by atoms with Gasteiger partial charge in [0.2, 0.25) is 11.8 Å². The van der Waals surface area contributed by atoms with Crippen molar-refractivity contribution in [3.05, 3.63) is 29.8 Å². The van der Waals surface area contributed by atoms with Gasteiger partial charge in [0.15, 0.2) is 0 Å². The van der Waals surface area contributed by atoms with Gasteiger partial charge in [0.25, 0.3) is 0 Å². The summed E-state index contributed by atoms with van der Waals surface area (Å²) in [6.45, 7) is 3.62. The molecule has 1 aromatic carbocycles. The van der Waals surface area contributed by atoms with E-state index in [-0.39, 0.29) is 53.8 Å². The molecule has 6 nitrogen and oxygen atoms in total. The molecule has 0 unspecified atom stereocenters. The van der Waals surface area contributed by atoms with E-state index in [4.69, 9.17) is 0 Å². The number of carboxylic acids is 1. The van der Waals surface area contributed by atoms with Crippen molar-refractivity contribution in [3.8, 4) is 0 Å². The summed E-state index contributed by atoms with van der Waals surface area (Å²) in [5.41, 5.74) is 0.460. The topological polar surface area (TPSA) is 89.5 Å². The Morgan fingerprint density at radius 2 is 1.92 bits per heavy atom. The molecule has 2 fully saturated rings. The van der Waals surface area contributed by atoms with Gasteiger partial charge in [-0.05, 0) is 36.0 Å². The zero-order chi connectivity index (χ0) is 18.4. The number of fused-ring (bicyclic) bond motifs is 1. The zero-order valence-electron chi connectivity index (χ0n) is 15.2. The van der Waals surface area contributed by atoms with E-state index in [1.807, 2.05) is 38.1 Å². The van der Waals surface area contributed by atoms with Gasteiger partial charge in [-0.2, -0.15) is 0 Å². The summed E-state index contributed by atoms with van der Waals surface area (Å²) in [6, 6.07) is 5.73. The number of rotatable bonds is 5. The molecule has 0 bridgehead atoms. The minimum absolute atomic E-state index is 0. The largest absolute Gasteiger partial charge is 1.00 e. The summed E-state index contributed by atoms with van der Waals surface area (Å²) in [5, 5.41) is 14.1. The van der Waals surface area contributed by atoms with Crippen LogP contribution in [0.3, 0.4) is 0 Å². The Bertz CT molecular complexity index is 722. The van der Waals surface area contributed by atoms with E-state index < -0.39 is 23.5 Å². The molecule has 2 aliphatic heterocycles. The Morgan fingerprint density at radius 1 is 1.31 bits per heavy atom. The van der Waals surface area contributed by atoms with E-state index in [1.165, 1.54) is 4.90 Å². The Labute approximate surface area is 180 Å². The van der Waals surface area contributed by atoms with E-state index in [0.717, 1.165) is 10.5 Å². The molecule has 1 aromatic rings. The molecule has 2 aliphatic rings. The zero-order valence-corrected chi connectivity index (χ0v) is 18.1. The number of thiol groups is 1. The minimum Gasteiger partial charge on any atom is -0.548 e. The Kier molecular flexibility index (Phi) is 6.48. The molecule has 0 aliphatic carbocycles. The predicted octanol–water partition coefficient (Wildman–Crippen LogP) is -2.84. The fourth-order valence-electron chi connectivity index (χ4n) is 3.89. The van der Waals surface area contributed by atoms with Crippen LogP contribution in [-0.4, -0.2) is 40.8 Å². The number of carboxylic acid groups (broad SMARTS) is 1. The van der Waals surface area contributed by atoms with Crippen LogP contribution in [0.1, 0.15) is 32.3 Å². The van der Waals surface area contributed by atoms with Crippen LogP contribution >= 0.6 is 12.6 Å². The monoisotopic (exact) mass is 384 g/mol. The van der Waals surface area contributed by atoms with Crippen molar-refractivity contribution in [2.75, 3.05) is 0 Å². The Hall–Kier alpha value is -1.02. The first-order valence-electron chi connectivity index (χ1n) is 8.31. The number of carbonyl (C=O) groups is 3. The number of nitrogens with one attached hydrogen (secondary N) is 1. The molecule has 2 saturated heterocycles. The van der Waals surface area contributed by atoms with Gasteiger partial charge in [-0.15, -0.1) is 12.6 Å². The van der Waals surface area contributed by atoms with Gasteiger partial charge in [0.05, 0.1) is 18.1 Å². The van der Waals surface area contributed by atoms with Gasteiger partial charge in [0.1, 0.15) is 6.04 Å². The summed E-state index contributed by atoms with van der Waals surface area (Å²) in [6.07, 6.45) is 1.38. The summed E-state index contributed by atoms with van der Waals surface area (Å²) >= 11 is 4.22. The van der Waals surface area contributed by atoms with E-state index in [1.54, 1.807) is 0 Å². The van der Waals surface area contributed by atoms with Gasteiger partial charge in [0, 0.05) is 11.3 Å². The SMILES string of the molecule is CC1(C)C[C@@H]2[C@H](NC(=O)CCc3ccc(S)cc3)C(=O)N2[C@H]1C(=O)[O-].[Na+]. The molecule has 2 amide bonds. The molecule has 0 radical (unpaired) electrons. The number of carbonyl (C=O) groups excluding carboxylic acids is 3. The first-order chi connectivity index (χ1) is 11.7. The molecule has 8 heteroatoms. The van der Waals surface area contributed by atoms with Crippen LogP contribution in [0, 0.1) is 5.41 Å². The maximum Gasteiger partial charge on any atom is 1.00 e. The van der Waals surface area contributed by atoms with Crippen LogP contribution < -0.4 is 40.0 Å². The van der Waals surface area contributed by atoms with Crippen LogP contribution in [0.2, 0.25) is 0 Å². The first kappa shape index (κ1) is 21.3. The third-order valence-corrected chi connectivity index (χ3v) is 5.43. The normalized spacial score (nSPS) is 25.7. The second kappa shape index (κ2) is 7.92. The average Bonchev–Trinajstić information content (AvgIpc) is 2.80. The van der Waals surface area contributed by atoms with Crippen molar-refractivity contribution in [2.24, 2.45) is 5.41 Å². The van der Waals surface area contributed by atoms with Gasteiger partial charge < -0.3 is 20.1 Å². The van der Waals surface area contributed by atoms with E-state index >= 15 is 0 Å². The fourth-order valence-corrected chi connectivity index (χ4v) is 4.03. The third kappa shape index (κ3) is 3.96. The van der Waals surface area contributed by atoms with Gasteiger partial charge in [-0.1, -0.05) is 26.0 Å². The number of β-lactam (4-membered cyclic amide) rings is 1. The maximum atomic E-state index is 12.3. The molecule has 3 rings (SSSR count). The van der Waals surface area contributed by atoms with Crippen molar-refractivity contribution in [1.82, 2.24) is 10.2 Å². The average molecular weight is 384 g/mol. The molecule has 3 atom stereocenters. The molecule has 2 heterocycles. The fraction of sp³-hybridized carbons (Fsp3) is 0.500. The summed E-state index contributed by atoms with van der Waals surface area (Å²) in [4.78, 5) is 38.1. The molecular formula is C18H21N2NaO4S. The van der Waals surface area contributed by atoms with Gasteiger partial charge >= 0.3 is 29.6 Å². The quantitative estimate of drug-likeness (QED) is 0.325. The number of amides is 2. The van der Waals surface area contributed by atoms with Crippen LogP contribution in [-0.2, 0) is 20.8 Å². The molecular weight excluding hydrogens is 363 g/mol. The molecule has 0 spiro atoms. The Balaban J connectivity index is 0.00000243. The molecule has 134 valence electrons. The number of hydrogen-bond donors (Lipinski definition) is 2. The van der Waals surface area contributed by atoms with Crippen LogP contribution in [0.25, 0.3) is 0 Å². The number of aliphatic carboxylic acids is 1. The smallest absolute Gasteiger partial charge is 0.548 e. The second-order valence-corrected chi connectivity index (χ2v) is 7.96. The van der Waals surface area contributed by atoms with Crippen LogP contribution in [0.4, 0.5) is 0 Å². The number of nitrogens with zero attached hydrogens (tertiary/aromatic N) is 1. The molecule has 1 N–H and O–H groups in total. The van der Waals surface area contributed by atoms with Crippen molar-refractivity contribution in [2.45, 2.75) is 56.1 Å². The summed E-state index contributed by atoms with van der Waals surface area (Å²) in [5.74, 6) is -1.78. The van der Waals surface area contributed by atoms with Crippen LogP contribution in [0.15, 0.2) is 29.2 Å². The summed E-state index contributed by atoms with van der Waals surface area (Å²) in [7, 11) is 0. The predicted molar refractivity (Wildman–Crippen MR) is 91.8 cm³/mol. The maximum absolute atomic E-state index is 12.3. The van der Waals surface area contributed by atoms with E-state index in [2.05, 4.69) is 17.9 Å². The second-order valence-electron chi connectivity index (χ2n) is 7.44. The summed E-state index contributed by atoms with van der Waals surface area (Å²) < 4.78 is 0. The number of benzene rings is 1. The minimum atomic E-state index is -1.24. The number of hydrogen-bond acceptors (Lipinski definition) is 5. The number of aryl methyl sites for hydroxylation is 1. The van der Waals surface area contributed by atoms with Crippen molar-refractivity contribution >= 4 is 30.4 Å². The standard InChI is InChI=1S/C18H22N2O4S.Na/c1-18(2)9-12-14(16(22)20(12)15(18)17(23)24)19-13(21)8-5-10-3-6-11(25)7-4-10;/h3-4,6-7,12,14-15,25H,5,8-9H2,1-2H3,(H,19,21)(H,23,24);/q;+1/p-1/t12-,14+,15+;/m1./s1. The Morgan fingerprint density at radius 3 is 2.50 bits per heavy atom.